The lowest BCUT2D eigenvalue weighted by molar-refractivity contribution is 0.281. The van der Waals surface area contributed by atoms with Gasteiger partial charge in [-0.3, -0.25) is 0 Å². The maximum Gasteiger partial charge on any atom is 0.239 e. The lowest BCUT2D eigenvalue weighted by atomic mass is 10.3. The van der Waals surface area contributed by atoms with Crippen molar-refractivity contribution in [2.45, 2.75) is 11.3 Å². The summed E-state index contributed by atoms with van der Waals surface area (Å²) in [5.41, 5.74) is 0. The lowest BCUT2D eigenvalue weighted by Crippen LogP contribution is -2.16. The topological polar surface area (TPSA) is 72.6 Å². The number of benzene rings is 1. The molecule has 0 atom stereocenters. The summed E-state index contributed by atoms with van der Waals surface area (Å²) in [7, 11) is 0.0383. The van der Waals surface area contributed by atoms with Crippen LogP contribution in [0.15, 0.2) is 17.0 Å². The molecular formula is C11H16Cl2N2O3S. The van der Waals surface area contributed by atoms with Crippen molar-refractivity contribution in [1.82, 2.24) is 4.90 Å². The Morgan fingerprint density at radius 2 is 1.89 bits per heavy atom. The first-order chi connectivity index (χ1) is 8.73. The van der Waals surface area contributed by atoms with Gasteiger partial charge in [0, 0.05) is 6.54 Å². The molecule has 1 rings (SSSR count). The van der Waals surface area contributed by atoms with Crippen molar-refractivity contribution in [2.75, 3.05) is 27.2 Å². The first kappa shape index (κ1) is 16.5. The van der Waals surface area contributed by atoms with Crippen molar-refractivity contribution < 1.29 is 13.2 Å². The molecule has 0 aliphatic carbocycles. The summed E-state index contributed by atoms with van der Waals surface area (Å²) in [6.07, 6.45) is 0.817. The molecule has 0 amide bonds. The van der Waals surface area contributed by atoms with E-state index in [0.717, 1.165) is 13.0 Å². The quantitative estimate of drug-likeness (QED) is 0.811. The fraction of sp³-hybridized carbons (Fsp3) is 0.455. The summed E-state index contributed by atoms with van der Waals surface area (Å²) >= 11 is 11.8. The summed E-state index contributed by atoms with van der Waals surface area (Å²) in [5.74, 6) is 0.345. The van der Waals surface area contributed by atoms with Gasteiger partial charge in [-0.25, -0.2) is 13.6 Å². The van der Waals surface area contributed by atoms with Crippen LogP contribution in [0.2, 0.25) is 10.0 Å². The van der Waals surface area contributed by atoms with Gasteiger partial charge < -0.3 is 9.64 Å². The second-order valence-electron chi connectivity index (χ2n) is 4.24. The van der Waals surface area contributed by atoms with Crippen molar-refractivity contribution in [3.05, 3.63) is 22.2 Å². The fourth-order valence-electron chi connectivity index (χ4n) is 1.41. The molecule has 0 aliphatic rings. The van der Waals surface area contributed by atoms with E-state index in [0.29, 0.717) is 12.4 Å². The minimum atomic E-state index is -3.89. The van der Waals surface area contributed by atoms with E-state index in [1.165, 1.54) is 12.1 Å². The van der Waals surface area contributed by atoms with Crippen molar-refractivity contribution in [3.8, 4) is 5.75 Å². The summed E-state index contributed by atoms with van der Waals surface area (Å²) in [5, 5.41) is 4.95. The molecule has 0 bridgehead atoms. The van der Waals surface area contributed by atoms with E-state index >= 15 is 0 Å². The number of ether oxygens (including phenoxy) is 1. The molecule has 2 N–H and O–H groups in total. The van der Waals surface area contributed by atoms with Gasteiger partial charge in [0.2, 0.25) is 10.0 Å². The smallest absolute Gasteiger partial charge is 0.239 e. The maximum atomic E-state index is 11.2. The predicted octanol–water partition coefficient (Wildman–Crippen LogP) is 1.97. The van der Waals surface area contributed by atoms with E-state index in [4.69, 9.17) is 33.1 Å². The van der Waals surface area contributed by atoms with Gasteiger partial charge in [0.1, 0.15) is 15.7 Å². The van der Waals surface area contributed by atoms with E-state index in [1.54, 1.807) is 0 Å². The zero-order valence-corrected chi connectivity index (χ0v) is 13.0. The highest BCUT2D eigenvalue weighted by molar-refractivity contribution is 7.89. The Labute approximate surface area is 123 Å². The summed E-state index contributed by atoms with van der Waals surface area (Å²) in [6, 6.07) is 2.73. The molecule has 0 aromatic heterocycles. The summed E-state index contributed by atoms with van der Waals surface area (Å²) < 4.78 is 27.9. The number of hydrogen-bond donors (Lipinski definition) is 1. The van der Waals surface area contributed by atoms with Crippen LogP contribution in [0.25, 0.3) is 0 Å². The standard InChI is InChI=1S/C11H16Cl2N2O3S/c1-15(2)6-3-7-18-8-4-5-9(19(14,16)17)11(13)10(8)12/h4-5H,3,6-7H2,1-2H3,(H2,14,16,17). The van der Waals surface area contributed by atoms with Gasteiger partial charge in [0.25, 0.3) is 0 Å². The fourth-order valence-corrected chi connectivity index (χ4v) is 2.77. The Hall–Kier alpha value is -0.530. The molecule has 0 aliphatic heterocycles. The summed E-state index contributed by atoms with van der Waals surface area (Å²) in [6.45, 7) is 1.34. The monoisotopic (exact) mass is 326 g/mol. The minimum Gasteiger partial charge on any atom is -0.492 e. The second kappa shape index (κ2) is 6.76. The van der Waals surface area contributed by atoms with Gasteiger partial charge in [-0.1, -0.05) is 23.2 Å². The molecule has 0 unspecified atom stereocenters. The van der Waals surface area contributed by atoms with Crippen molar-refractivity contribution in [2.24, 2.45) is 5.14 Å². The number of rotatable bonds is 6. The molecule has 0 spiro atoms. The average Bonchev–Trinajstić information content (AvgIpc) is 2.27. The number of nitrogens with two attached hydrogens (primary N) is 1. The van der Waals surface area contributed by atoms with Gasteiger partial charge in [0.15, 0.2) is 0 Å². The zero-order chi connectivity index (χ0) is 14.6. The molecule has 0 saturated heterocycles. The summed E-state index contributed by atoms with van der Waals surface area (Å²) in [4.78, 5) is 1.82. The lowest BCUT2D eigenvalue weighted by Gasteiger charge is -2.12. The average molecular weight is 327 g/mol. The van der Waals surface area contributed by atoms with E-state index in [2.05, 4.69) is 0 Å². The highest BCUT2D eigenvalue weighted by Crippen LogP contribution is 2.36. The predicted molar refractivity (Wildman–Crippen MR) is 76.5 cm³/mol. The number of hydrogen-bond acceptors (Lipinski definition) is 4. The van der Waals surface area contributed by atoms with Crippen molar-refractivity contribution >= 4 is 33.2 Å². The van der Waals surface area contributed by atoms with Gasteiger partial charge in [0.05, 0.1) is 11.6 Å². The molecule has 0 heterocycles. The van der Waals surface area contributed by atoms with Crippen LogP contribution in [-0.4, -0.2) is 40.6 Å². The van der Waals surface area contributed by atoms with Gasteiger partial charge >= 0.3 is 0 Å². The highest BCUT2D eigenvalue weighted by atomic mass is 35.5. The minimum absolute atomic E-state index is 0.0537. The van der Waals surface area contributed by atoms with Crippen molar-refractivity contribution in [3.63, 3.8) is 0 Å². The molecule has 19 heavy (non-hydrogen) atoms. The Morgan fingerprint density at radius 3 is 2.42 bits per heavy atom. The van der Waals surface area contributed by atoms with Crippen LogP contribution >= 0.6 is 23.2 Å². The van der Waals surface area contributed by atoms with E-state index in [9.17, 15) is 8.42 Å². The van der Waals surface area contributed by atoms with Crippen LogP contribution in [0, 0.1) is 0 Å². The molecule has 0 saturated carbocycles. The van der Waals surface area contributed by atoms with Crippen LogP contribution in [0.3, 0.4) is 0 Å². The molecule has 5 nitrogen and oxygen atoms in total. The van der Waals surface area contributed by atoms with Gasteiger partial charge in [-0.2, -0.15) is 0 Å². The van der Waals surface area contributed by atoms with Crippen LogP contribution < -0.4 is 9.88 Å². The first-order valence-electron chi connectivity index (χ1n) is 5.52. The van der Waals surface area contributed by atoms with E-state index in [-0.39, 0.29) is 14.9 Å². The molecule has 1 aromatic rings. The normalized spacial score (nSPS) is 11.9. The molecular weight excluding hydrogens is 311 g/mol. The molecule has 0 fully saturated rings. The third kappa shape index (κ3) is 4.81. The Kier molecular flexibility index (Phi) is 5.88. The Morgan fingerprint density at radius 1 is 1.26 bits per heavy atom. The van der Waals surface area contributed by atoms with Crippen LogP contribution in [-0.2, 0) is 10.0 Å². The molecule has 1 aromatic carbocycles. The Bertz CT molecular complexity index is 547. The van der Waals surface area contributed by atoms with E-state index < -0.39 is 10.0 Å². The number of sulfonamides is 1. The highest BCUT2D eigenvalue weighted by Gasteiger charge is 2.18. The van der Waals surface area contributed by atoms with E-state index in [1.807, 2.05) is 19.0 Å². The Balaban J connectivity index is 2.80. The molecule has 0 radical (unpaired) electrons. The van der Waals surface area contributed by atoms with Crippen LogP contribution in [0.4, 0.5) is 0 Å². The second-order valence-corrected chi connectivity index (χ2v) is 6.53. The third-order valence-electron chi connectivity index (χ3n) is 2.33. The van der Waals surface area contributed by atoms with Gasteiger partial charge in [-0.05, 0) is 32.6 Å². The van der Waals surface area contributed by atoms with Gasteiger partial charge in [-0.15, -0.1) is 0 Å². The maximum absolute atomic E-state index is 11.2. The zero-order valence-electron chi connectivity index (χ0n) is 10.7. The number of primary sulfonamides is 1. The number of halogens is 2. The molecule has 108 valence electrons. The largest absolute Gasteiger partial charge is 0.492 e. The SMILES string of the molecule is CN(C)CCCOc1ccc(S(N)(=O)=O)c(Cl)c1Cl. The molecule has 8 heteroatoms. The third-order valence-corrected chi connectivity index (χ3v) is 4.26. The van der Waals surface area contributed by atoms with Crippen LogP contribution in [0.5, 0.6) is 5.75 Å². The number of nitrogens with zero attached hydrogens (tertiary/aromatic N) is 1. The van der Waals surface area contributed by atoms with Crippen LogP contribution in [0.1, 0.15) is 6.42 Å². The van der Waals surface area contributed by atoms with Crippen molar-refractivity contribution in [1.29, 1.82) is 0 Å². The first-order valence-corrected chi connectivity index (χ1v) is 7.82.